The van der Waals surface area contributed by atoms with E-state index in [1.807, 2.05) is 30.3 Å². The number of methoxy groups -OCH3 is 1. The van der Waals surface area contributed by atoms with E-state index in [1.165, 1.54) is 7.11 Å². The molecule has 0 aliphatic rings. The number of amides is 2. The van der Waals surface area contributed by atoms with Crippen LogP contribution in [-0.4, -0.2) is 30.9 Å². The number of hydrogen-bond donors (Lipinski definition) is 2. The van der Waals surface area contributed by atoms with Crippen LogP contribution in [0.25, 0.3) is 0 Å². The lowest BCUT2D eigenvalue weighted by molar-refractivity contribution is -0.146. The Morgan fingerprint density at radius 3 is 2.30 bits per heavy atom. The van der Waals surface area contributed by atoms with Gasteiger partial charge in [0.2, 0.25) is 11.8 Å². The molecule has 23 heavy (non-hydrogen) atoms. The van der Waals surface area contributed by atoms with Gasteiger partial charge in [-0.3, -0.25) is 14.4 Å². The molecule has 1 aromatic carbocycles. The first kappa shape index (κ1) is 18.7. The number of nitrogens with one attached hydrogen (secondary N) is 1. The molecular weight excluding hydrogens is 296 g/mol. The summed E-state index contributed by atoms with van der Waals surface area (Å²) in [6.45, 7) is 3.50. The van der Waals surface area contributed by atoms with Crippen LogP contribution in [0.3, 0.4) is 0 Å². The van der Waals surface area contributed by atoms with Gasteiger partial charge in [0.05, 0.1) is 13.0 Å². The van der Waals surface area contributed by atoms with Gasteiger partial charge in [-0.05, 0) is 11.5 Å². The van der Waals surface area contributed by atoms with Gasteiger partial charge in [0.25, 0.3) is 0 Å². The maximum atomic E-state index is 12.1. The van der Waals surface area contributed by atoms with E-state index in [9.17, 15) is 14.4 Å². The molecule has 1 rings (SSSR count). The molecule has 0 bridgehead atoms. The molecule has 3 atom stereocenters. The fraction of sp³-hybridized carbons (Fsp3) is 0.471. The van der Waals surface area contributed by atoms with Crippen molar-refractivity contribution in [2.24, 2.45) is 17.6 Å². The van der Waals surface area contributed by atoms with Crippen molar-refractivity contribution in [3.8, 4) is 0 Å². The summed E-state index contributed by atoms with van der Waals surface area (Å²) in [6.07, 6.45) is 0.456. The van der Waals surface area contributed by atoms with Crippen LogP contribution in [-0.2, 0) is 25.5 Å². The molecule has 126 valence electrons. The molecule has 0 aliphatic heterocycles. The second-order valence-corrected chi connectivity index (χ2v) is 5.71. The topological polar surface area (TPSA) is 98.5 Å². The second kappa shape index (κ2) is 8.92. The first-order valence-corrected chi connectivity index (χ1v) is 7.55. The van der Waals surface area contributed by atoms with Crippen molar-refractivity contribution in [3.63, 3.8) is 0 Å². The standard InChI is InChI=1S/C17H24N2O4/c1-11(12(2)17(22)23-3)9-15(20)19-14(16(18)21)10-13-7-5-4-6-8-13/h4-8,11-12,14H,9-10H2,1-3H3,(H2,18,21)(H,19,20). The molecule has 3 N–H and O–H groups in total. The second-order valence-electron chi connectivity index (χ2n) is 5.71. The van der Waals surface area contributed by atoms with Gasteiger partial charge in [0.1, 0.15) is 6.04 Å². The quantitative estimate of drug-likeness (QED) is 0.699. The van der Waals surface area contributed by atoms with Crippen molar-refractivity contribution >= 4 is 17.8 Å². The maximum Gasteiger partial charge on any atom is 0.308 e. The number of primary amides is 1. The summed E-state index contributed by atoms with van der Waals surface area (Å²) in [5, 5.41) is 2.64. The Balaban J connectivity index is 2.61. The third-order valence-corrected chi connectivity index (χ3v) is 3.90. The monoisotopic (exact) mass is 320 g/mol. The van der Waals surface area contributed by atoms with Crippen LogP contribution in [0.2, 0.25) is 0 Å². The lowest BCUT2D eigenvalue weighted by atomic mass is 9.92. The summed E-state index contributed by atoms with van der Waals surface area (Å²) < 4.78 is 4.67. The van der Waals surface area contributed by atoms with Gasteiger partial charge in [-0.1, -0.05) is 44.2 Å². The highest BCUT2D eigenvalue weighted by Crippen LogP contribution is 2.16. The summed E-state index contributed by atoms with van der Waals surface area (Å²) in [5.74, 6) is -1.86. The highest BCUT2D eigenvalue weighted by atomic mass is 16.5. The van der Waals surface area contributed by atoms with E-state index in [0.717, 1.165) is 5.56 Å². The highest BCUT2D eigenvalue weighted by molar-refractivity contribution is 5.87. The Labute approximate surface area is 136 Å². The largest absolute Gasteiger partial charge is 0.469 e. The molecule has 0 aliphatic carbocycles. The summed E-state index contributed by atoms with van der Waals surface area (Å²) >= 11 is 0. The predicted octanol–water partition coefficient (Wildman–Crippen LogP) is 1.03. The van der Waals surface area contributed by atoms with Gasteiger partial charge in [0.15, 0.2) is 0 Å². The molecule has 0 heterocycles. The zero-order valence-corrected chi connectivity index (χ0v) is 13.7. The van der Waals surface area contributed by atoms with Gasteiger partial charge in [-0.25, -0.2) is 0 Å². The highest BCUT2D eigenvalue weighted by Gasteiger charge is 2.25. The van der Waals surface area contributed by atoms with Crippen LogP contribution in [0.15, 0.2) is 30.3 Å². The lowest BCUT2D eigenvalue weighted by Crippen LogP contribution is -2.46. The molecule has 2 amide bonds. The molecule has 6 nitrogen and oxygen atoms in total. The molecule has 3 unspecified atom stereocenters. The number of carbonyl (C=O) groups excluding carboxylic acids is 3. The third kappa shape index (κ3) is 6.10. The van der Waals surface area contributed by atoms with E-state index in [4.69, 9.17) is 5.73 Å². The normalized spacial score (nSPS) is 14.4. The number of rotatable bonds is 8. The van der Waals surface area contributed by atoms with Crippen molar-refractivity contribution < 1.29 is 19.1 Å². The van der Waals surface area contributed by atoms with E-state index in [2.05, 4.69) is 10.1 Å². The molecule has 0 saturated carbocycles. The van der Waals surface area contributed by atoms with Crippen LogP contribution in [0.1, 0.15) is 25.8 Å². The molecule has 0 radical (unpaired) electrons. The van der Waals surface area contributed by atoms with E-state index in [1.54, 1.807) is 13.8 Å². The number of ether oxygens (including phenoxy) is 1. The van der Waals surface area contributed by atoms with Gasteiger partial charge in [-0.15, -0.1) is 0 Å². The van der Waals surface area contributed by atoms with E-state index in [-0.39, 0.29) is 24.2 Å². The summed E-state index contributed by atoms with van der Waals surface area (Å²) in [4.78, 5) is 35.1. The van der Waals surface area contributed by atoms with E-state index < -0.39 is 17.9 Å². The minimum atomic E-state index is -0.773. The zero-order chi connectivity index (χ0) is 17.4. The van der Waals surface area contributed by atoms with Crippen molar-refractivity contribution in [2.45, 2.75) is 32.7 Å². The molecule has 1 aromatic rings. The molecular formula is C17H24N2O4. The van der Waals surface area contributed by atoms with Crippen molar-refractivity contribution in [3.05, 3.63) is 35.9 Å². The van der Waals surface area contributed by atoms with Crippen LogP contribution in [0.5, 0.6) is 0 Å². The van der Waals surface area contributed by atoms with Crippen LogP contribution < -0.4 is 11.1 Å². The third-order valence-electron chi connectivity index (χ3n) is 3.90. The predicted molar refractivity (Wildman–Crippen MR) is 86.2 cm³/mol. The Hall–Kier alpha value is -2.37. The fourth-order valence-electron chi connectivity index (χ4n) is 2.21. The SMILES string of the molecule is COC(=O)C(C)C(C)CC(=O)NC(Cc1ccccc1)C(N)=O. The lowest BCUT2D eigenvalue weighted by Gasteiger charge is -2.20. The van der Waals surface area contributed by atoms with Crippen LogP contribution in [0.4, 0.5) is 0 Å². The number of benzene rings is 1. The molecule has 0 spiro atoms. The van der Waals surface area contributed by atoms with Crippen LogP contribution in [0, 0.1) is 11.8 Å². The molecule has 0 aromatic heterocycles. The summed E-state index contributed by atoms with van der Waals surface area (Å²) in [5.41, 5.74) is 6.28. The minimum absolute atomic E-state index is 0.120. The average Bonchev–Trinajstić information content (AvgIpc) is 2.53. The number of nitrogens with two attached hydrogens (primary N) is 1. The average molecular weight is 320 g/mol. The number of esters is 1. The first-order chi connectivity index (χ1) is 10.8. The summed E-state index contributed by atoms with van der Waals surface area (Å²) in [7, 11) is 1.31. The van der Waals surface area contributed by atoms with Gasteiger partial charge in [-0.2, -0.15) is 0 Å². The van der Waals surface area contributed by atoms with E-state index >= 15 is 0 Å². The number of hydrogen-bond acceptors (Lipinski definition) is 4. The number of carbonyl (C=O) groups is 3. The van der Waals surface area contributed by atoms with Crippen molar-refractivity contribution in [1.82, 2.24) is 5.32 Å². The minimum Gasteiger partial charge on any atom is -0.469 e. The summed E-state index contributed by atoms with van der Waals surface area (Å²) in [6, 6.07) is 8.54. The molecule has 6 heteroatoms. The zero-order valence-electron chi connectivity index (χ0n) is 13.7. The smallest absolute Gasteiger partial charge is 0.308 e. The van der Waals surface area contributed by atoms with Gasteiger partial charge in [0, 0.05) is 12.8 Å². The van der Waals surface area contributed by atoms with E-state index in [0.29, 0.717) is 6.42 Å². The Kier molecular flexibility index (Phi) is 7.25. The Bertz CT molecular complexity index is 545. The maximum absolute atomic E-state index is 12.1. The molecule has 0 saturated heterocycles. The first-order valence-electron chi connectivity index (χ1n) is 7.55. The Morgan fingerprint density at radius 1 is 1.17 bits per heavy atom. The van der Waals surface area contributed by atoms with Crippen LogP contribution >= 0.6 is 0 Å². The van der Waals surface area contributed by atoms with Crippen molar-refractivity contribution in [2.75, 3.05) is 7.11 Å². The molecule has 0 fully saturated rings. The Morgan fingerprint density at radius 2 is 1.78 bits per heavy atom. The van der Waals surface area contributed by atoms with Gasteiger partial charge < -0.3 is 15.8 Å². The van der Waals surface area contributed by atoms with Gasteiger partial charge >= 0.3 is 5.97 Å². The van der Waals surface area contributed by atoms with Crippen molar-refractivity contribution in [1.29, 1.82) is 0 Å². The fourth-order valence-corrected chi connectivity index (χ4v) is 2.21.